The van der Waals surface area contributed by atoms with Crippen LogP contribution in [-0.2, 0) is 4.74 Å². The van der Waals surface area contributed by atoms with Gasteiger partial charge < -0.3 is 15.0 Å². The van der Waals surface area contributed by atoms with Gasteiger partial charge in [-0.1, -0.05) is 12.1 Å². The van der Waals surface area contributed by atoms with Gasteiger partial charge in [0.25, 0.3) is 0 Å². The van der Waals surface area contributed by atoms with Crippen LogP contribution < -0.4 is 5.32 Å². The fraction of sp³-hybridized carbons (Fsp3) is 0.562. The highest BCUT2D eigenvalue weighted by atomic mass is 79.9. The van der Waals surface area contributed by atoms with Crippen molar-refractivity contribution in [3.05, 3.63) is 28.2 Å². The van der Waals surface area contributed by atoms with Crippen LogP contribution in [0.5, 0.6) is 0 Å². The third kappa shape index (κ3) is 4.37. The average molecular weight is 355 g/mol. The van der Waals surface area contributed by atoms with Gasteiger partial charge in [-0.25, -0.2) is 4.79 Å². The number of ether oxygens (including phenoxy) is 1. The maximum atomic E-state index is 12.0. The van der Waals surface area contributed by atoms with Crippen LogP contribution in [-0.4, -0.2) is 35.7 Å². The van der Waals surface area contributed by atoms with Gasteiger partial charge >= 0.3 is 6.09 Å². The summed E-state index contributed by atoms with van der Waals surface area (Å²) in [5.41, 5.74) is 1.83. The lowest BCUT2D eigenvalue weighted by Crippen LogP contribution is -2.36. The van der Waals surface area contributed by atoms with Gasteiger partial charge in [0.1, 0.15) is 5.60 Å². The lowest BCUT2D eigenvalue weighted by molar-refractivity contribution is 0.0293. The van der Waals surface area contributed by atoms with Gasteiger partial charge in [0, 0.05) is 29.3 Å². The molecule has 1 saturated heterocycles. The molecule has 0 bridgehead atoms. The molecule has 1 aromatic rings. The maximum absolute atomic E-state index is 12.0. The van der Waals surface area contributed by atoms with Crippen molar-refractivity contribution in [1.82, 2.24) is 4.90 Å². The molecule has 2 rings (SSSR count). The molecule has 1 N–H and O–H groups in total. The van der Waals surface area contributed by atoms with Crippen molar-refractivity contribution in [3.8, 4) is 0 Å². The van der Waals surface area contributed by atoms with E-state index < -0.39 is 5.60 Å². The van der Waals surface area contributed by atoms with Crippen LogP contribution in [0, 0.1) is 6.92 Å². The number of aryl methyl sites for hydroxylation is 1. The molecule has 116 valence electrons. The molecule has 1 aromatic carbocycles. The number of carbonyl (C=O) groups excluding carboxylic acids is 1. The Morgan fingerprint density at radius 2 is 2.14 bits per heavy atom. The summed E-state index contributed by atoms with van der Waals surface area (Å²) in [5.74, 6) is 0. The van der Waals surface area contributed by atoms with E-state index in [2.05, 4.69) is 34.2 Å². The quantitative estimate of drug-likeness (QED) is 0.865. The van der Waals surface area contributed by atoms with E-state index in [1.165, 1.54) is 5.56 Å². The van der Waals surface area contributed by atoms with E-state index >= 15 is 0 Å². The predicted molar refractivity (Wildman–Crippen MR) is 88.7 cm³/mol. The number of amides is 1. The Bertz CT molecular complexity index is 525. The maximum Gasteiger partial charge on any atom is 0.410 e. The first-order chi connectivity index (χ1) is 9.76. The smallest absolute Gasteiger partial charge is 0.410 e. The van der Waals surface area contributed by atoms with Crippen molar-refractivity contribution in [2.45, 2.75) is 45.8 Å². The number of hydrogen-bond donors (Lipinski definition) is 1. The monoisotopic (exact) mass is 354 g/mol. The molecule has 1 atom stereocenters. The summed E-state index contributed by atoms with van der Waals surface area (Å²) in [6.07, 6.45) is 0.703. The molecule has 0 spiro atoms. The van der Waals surface area contributed by atoms with Crippen LogP contribution in [0.15, 0.2) is 22.7 Å². The first-order valence-corrected chi connectivity index (χ1v) is 8.05. The second kappa shape index (κ2) is 6.26. The Balaban J connectivity index is 1.94. The van der Waals surface area contributed by atoms with Gasteiger partial charge in [0.15, 0.2) is 0 Å². The SMILES string of the molecule is Cc1cccc(NC2CCN(C(=O)OC(C)(C)C)C2)c1Br. The minimum Gasteiger partial charge on any atom is -0.444 e. The van der Waals surface area contributed by atoms with Crippen molar-refractivity contribution in [3.63, 3.8) is 0 Å². The van der Waals surface area contributed by atoms with E-state index in [4.69, 9.17) is 4.74 Å². The van der Waals surface area contributed by atoms with Crippen molar-refractivity contribution >= 4 is 27.7 Å². The van der Waals surface area contributed by atoms with Crippen LogP contribution in [0.25, 0.3) is 0 Å². The standard InChI is InChI=1S/C16H23BrN2O2/c1-11-6-5-7-13(14(11)17)18-12-8-9-19(10-12)15(20)21-16(2,3)4/h5-7,12,18H,8-10H2,1-4H3. The molecule has 1 heterocycles. The minimum absolute atomic E-state index is 0.227. The van der Waals surface area contributed by atoms with E-state index in [0.29, 0.717) is 6.54 Å². The zero-order chi connectivity index (χ0) is 15.6. The first-order valence-electron chi connectivity index (χ1n) is 7.26. The van der Waals surface area contributed by atoms with E-state index in [1.54, 1.807) is 4.90 Å². The van der Waals surface area contributed by atoms with Gasteiger partial charge in [0.2, 0.25) is 0 Å². The van der Waals surface area contributed by atoms with Gasteiger partial charge in [-0.3, -0.25) is 0 Å². The summed E-state index contributed by atoms with van der Waals surface area (Å²) in [6.45, 7) is 9.14. The van der Waals surface area contributed by atoms with Crippen LogP contribution >= 0.6 is 15.9 Å². The summed E-state index contributed by atoms with van der Waals surface area (Å²) in [5, 5.41) is 3.50. The predicted octanol–water partition coefficient (Wildman–Crippen LogP) is 4.18. The number of anilines is 1. The third-order valence-corrected chi connectivity index (χ3v) is 4.44. The van der Waals surface area contributed by atoms with Crippen LogP contribution in [0.2, 0.25) is 0 Å². The van der Waals surface area contributed by atoms with Crippen molar-refractivity contribution < 1.29 is 9.53 Å². The topological polar surface area (TPSA) is 41.6 Å². The van der Waals surface area contributed by atoms with Gasteiger partial charge in [0.05, 0.1) is 0 Å². The Labute approximate surface area is 135 Å². The van der Waals surface area contributed by atoms with E-state index in [9.17, 15) is 4.79 Å². The second-order valence-corrected chi connectivity index (χ2v) is 7.29. The van der Waals surface area contributed by atoms with Crippen molar-refractivity contribution in [2.24, 2.45) is 0 Å². The van der Waals surface area contributed by atoms with E-state index in [0.717, 1.165) is 23.1 Å². The summed E-state index contributed by atoms with van der Waals surface area (Å²) in [4.78, 5) is 13.8. The number of nitrogens with zero attached hydrogens (tertiary/aromatic N) is 1. The zero-order valence-electron chi connectivity index (χ0n) is 13.1. The molecule has 1 fully saturated rings. The second-order valence-electron chi connectivity index (χ2n) is 6.49. The number of hydrogen-bond acceptors (Lipinski definition) is 3. The summed E-state index contributed by atoms with van der Waals surface area (Å²) < 4.78 is 6.50. The molecule has 0 aliphatic carbocycles. The lowest BCUT2D eigenvalue weighted by Gasteiger charge is -2.24. The molecule has 4 nitrogen and oxygen atoms in total. The van der Waals surface area contributed by atoms with Gasteiger partial charge in [-0.2, -0.15) is 0 Å². The summed E-state index contributed by atoms with van der Waals surface area (Å²) in [6, 6.07) is 6.41. The van der Waals surface area contributed by atoms with Crippen LogP contribution in [0.1, 0.15) is 32.8 Å². The van der Waals surface area contributed by atoms with Crippen LogP contribution in [0.3, 0.4) is 0 Å². The van der Waals surface area contributed by atoms with Crippen molar-refractivity contribution in [1.29, 1.82) is 0 Å². The lowest BCUT2D eigenvalue weighted by atomic mass is 10.2. The molecule has 1 aliphatic heterocycles. The summed E-state index contributed by atoms with van der Waals surface area (Å²) >= 11 is 3.60. The Hall–Kier alpha value is -1.23. The number of carbonyl (C=O) groups is 1. The molecule has 1 unspecified atom stereocenters. The largest absolute Gasteiger partial charge is 0.444 e. The molecule has 5 heteroatoms. The fourth-order valence-corrected chi connectivity index (χ4v) is 2.73. The number of nitrogens with one attached hydrogen (secondary N) is 1. The highest BCUT2D eigenvalue weighted by molar-refractivity contribution is 9.10. The fourth-order valence-electron chi connectivity index (χ4n) is 2.35. The molecule has 0 saturated carbocycles. The number of halogens is 1. The average Bonchev–Trinajstić information content (AvgIpc) is 2.82. The molecule has 1 aliphatic rings. The molecular formula is C16H23BrN2O2. The third-order valence-electron chi connectivity index (χ3n) is 3.39. The zero-order valence-corrected chi connectivity index (χ0v) is 14.7. The highest BCUT2D eigenvalue weighted by Gasteiger charge is 2.29. The Morgan fingerprint density at radius 1 is 1.43 bits per heavy atom. The van der Waals surface area contributed by atoms with Gasteiger partial charge in [-0.15, -0.1) is 0 Å². The van der Waals surface area contributed by atoms with E-state index in [-0.39, 0.29) is 12.1 Å². The molecular weight excluding hydrogens is 332 g/mol. The molecule has 0 aromatic heterocycles. The minimum atomic E-state index is -0.442. The Kier molecular flexibility index (Phi) is 4.81. The number of benzene rings is 1. The molecule has 0 radical (unpaired) electrons. The van der Waals surface area contributed by atoms with Crippen molar-refractivity contribution in [2.75, 3.05) is 18.4 Å². The first kappa shape index (κ1) is 16.1. The summed E-state index contributed by atoms with van der Waals surface area (Å²) in [7, 11) is 0. The van der Waals surface area contributed by atoms with Crippen LogP contribution in [0.4, 0.5) is 10.5 Å². The highest BCUT2D eigenvalue weighted by Crippen LogP contribution is 2.28. The Morgan fingerprint density at radius 3 is 2.81 bits per heavy atom. The number of rotatable bonds is 2. The molecule has 21 heavy (non-hydrogen) atoms. The molecule has 1 amide bonds. The van der Waals surface area contributed by atoms with E-state index in [1.807, 2.05) is 32.9 Å². The van der Waals surface area contributed by atoms with Gasteiger partial charge in [-0.05, 0) is 61.7 Å². The number of likely N-dealkylation sites (tertiary alicyclic amines) is 1. The normalized spacial score (nSPS) is 18.7.